The summed E-state index contributed by atoms with van der Waals surface area (Å²) in [4.78, 5) is 2.71. The molecule has 4 nitrogen and oxygen atoms in total. The van der Waals surface area contributed by atoms with Gasteiger partial charge in [-0.25, -0.2) is 8.93 Å². The molecular formula is C23H36N2O2S. The van der Waals surface area contributed by atoms with Gasteiger partial charge in [-0.3, -0.25) is 4.55 Å². The van der Waals surface area contributed by atoms with Crippen LogP contribution in [0, 0.1) is 17.8 Å². The molecule has 2 saturated carbocycles. The summed E-state index contributed by atoms with van der Waals surface area (Å²) in [5.74, 6) is 2.62. The molecule has 1 saturated heterocycles. The number of rotatable bonds is 9. The molecule has 3 fully saturated rings. The first kappa shape index (κ1) is 20.5. The number of hydrogen-bond donors (Lipinski definition) is 2. The molecule has 0 radical (unpaired) electrons. The van der Waals surface area contributed by atoms with Crippen molar-refractivity contribution in [3.63, 3.8) is 0 Å². The number of fused-ring (bicyclic) bond motifs is 1. The molecule has 1 heterocycles. The Kier molecular flexibility index (Phi) is 6.56. The Labute approximate surface area is 172 Å². The maximum absolute atomic E-state index is 10.7. The van der Waals surface area contributed by atoms with Gasteiger partial charge in [0.1, 0.15) is 0 Å². The second-order valence-corrected chi connectivity index (χ2v) is 10.3. The van der Waals surface area contributed by atoms with Crippen molar-refractivity contribution in [3.05, 3.63) is 35.4 Å². The molecule has 3 aliphatic rings. The minimum atomic E-state index is -1.92. The zero-order valence-corrected chi connectivity index (χ0v) is 18.1. The first-order valence-electron chi connectivity index (χ1n) is 11.2. The molecular weight excluding hydrogens is 368 g/mol. The summed E-state index contributed by atoms with van der Waals surface area (Å²) >= 11 is -1.92. The van der Waals surface area contributed by atoms with Crippen molar-refractivity contribution in [1.82, 2.24) is 9.62 Å². The molecule has 4 rings (SSSR count). The van der Waals surface area contributed by atoms with Crippen LogP contribution in [0.3, 0.4) is 0 Å². The summed E-state index contributed by atoms with van der Waals surface area (Å²) in [6, 6.07) is 8.90. The Morgan fingerprint density at radius 1 is 1.21 bits per heavy atom. The molecule has 1 aliphatic heterocycles. The highest BCUT2D eigenvalue weighted by atomic mass is 32.2. The van der Waals surface area contributed by atoms with Crippen molar-refractivity contribution in [2.45, 2.75) is 63.7 Å². The van der Waals surface area contributed by atoms with Gasteiger partial charge in [0.2, 0.25) is 11.3 Å². The van der Waals surface area contributed by atoms with Crippen molar-refractivity contribution >= 4 is 11.3 Å². The fourth-order valence-corrected chi connectivity index (χ4v) is 6.27. The molecule has 1 aromatic rings. The summed E-state index contributed by atoms with van der Waals surface area (Å²) in [7, 11) is 0. The number of benzene rings is 1. The monoisotopic (exact) mass is 404 g/mol. The lowest BCUT2D eigenvalue weighted by molar-refractivity contribution is 0.253. The average molecular weight is 405 g/mol. The van der Waals surface area contributed by atoms with Crippen LogP contribution >= 0.6 is 0 Å². The number of piperidine rings is 1. The Bertz CT molecular complexity index is 677. The molecule has 28 heavy (non-hydrogen) atoms. The second-order valence-electron chi connectivity index (χ2n) is 9.50. The fraction of sp³-hybridized carbons (Fsp3) is 0.739. The Balaban J connectivity index is 1.24. The molecule has 2 aliphatic carbocycles. The maximum atomic E-state index is 10.7. The summed E-state index contributed by atoms with van der Waals surface area (Å²) < 4.78 is 22.2. The van der Waals surface area contributed by atoms with Crippen molar-refractivity contribution in [1.29, 1.82) is 0 Å². The van der Waals surface area contributed by atoms with Gasteiger partial charge in [-0.05, 0) is 54.7 Å². The van der Waals surface area contributed by atoms with Crippen molar-refractivity contribution < 1.29 is 8.76 Å². The topological polar surface area (TPSA) is 52.6 Å². The fourth-order valence-electron chi connectivity index (χ4n) is 6.00. The third-order valence-electron chi connectivity index (χ3n) is 7.83. The van der Waals surface area contributed by atoms with E-state index in [9.17, 15) is 4.21 Å². The third-order valence-corrected chi connectivity index (χ3v) is 8.28. The second kappa shape index (κ2) is 8.95. The van der Waals surface area contributed by atoms with Gasteiger partial charge in [-0.15, -0.1) is 0 Å². The Morgan fingerprint density at radius 3 is 2.68 bits per heavy atom. The first-order chi connectivity index (χ1) is 13.6. The lowest BCUT2D eigenvalue weighted by Crippen LogP contribution is -2.30. The van der Waals surface area contributed by atoms with Crippen molar-refractivity contribution in [3.8, 4) is 0 Å². The van der Waals surface area contributed by atoms with Crippen molar-refractivity contribution in [2.24, 2.45) is 17.8 Å². The first-order valence-corrected chi connectivity index (χ1v) is 12.3. The van der Waals surface area contributed by atoms with Crippen molar-refractivity contribution in [2.75, 3.05) is 26.2 Å². The molecule has 5 heteroatoms. The van der Waals surface area contributed by atoms with Crippen LogP contribution < -0.4 is 4.72 Å². The molecule has 0 aromatic heterocycles. The highest BCUT2D eigenvalue weighted by Crippen LogP contribution is 2.63. The molecule has 2 N–H and O–H groups in total. The van der Waals surface area contributed by atoms with E-state index in [-0.39, 0.29) is 0 Å². The van der Waals surface area contributed by atoms with Crippen LogP contribution in [0.2, 0.25) is 0 Å². The van der Waals surface area contributed by atoms with E-state index in [0.717, 1.165) is 24.2 Å². The largest absolute Gasteiger partial charge is 0.303 e. The summed E-state index contributed by atoms with van der Waals surface area (Å²) in [6.07, 6.45) is 11.0. The minimum Gasteiger partial charge on any atom is -0.303 e. The van der Waals surface area contributed by atoms with E-state index in [1.54, 1.807) is 0 Å². The van der Waals surface area contributed by atoms with Gasteiger partial charge >= 0.3 is 0 Å². The molecule has 3 unspecified atom stereocenters. The molecule has 0 spiro atoms. The van der Waals surface area contributed by atoms with E-state index >= 15 is 0 Å². The van der Waals surface area contributed by atoms with Gasteiger partial charge in [-0.2, -0.15) is 0 Å². The van der Waals surface area contributed by atoms with Crippen LogP contribution in [0.5, 0.6) is 0 Å². The minimum absolute atomic E-state index is 0.336. The van der Waals surface area contributed by atoms with Crippen LogP contribution in [0.4, 0.5) is 0 Å². The molecule has 156 valence electrons. The molecule has 3 atom stereocenters. The van der Waals surface area contributed by atoms with E-state index in [1.165, 1.54) is 75.7 Å². The van der Waals surface area contributed by atoms with E-state index in [4.69, 9.17) is 4.55 Å². The standard InChI is InChI=1S/C23H36N2O2S/c1-23(20-11-5-9-19(15-20)12-13-24-28(26)27)21-16-25(17-22(21)23)14-6-10-18-7-3-2-4-8-18/h5,9,11,15,18,21-22,24H,2-4,6-8,10,12-14,16-17H2,1H3,(H,26,27). The quantitative estimate of drug-likeness (QED) is 0.608. The summed E-state index contributed by atoms with van der Waals surface area (Å²) in [5.41, 5.74) is 3.06. The number of nitrogens with zero attached hydrogens (tertiary/aromatic N) is 1. The van der Waals surface area contributed by atoms with E-state index in [0.29, 0.717) is 12.0 Å². The number of nitrogens with one attached hydrogen (secondary N) is 1. The number of hydrogen-bond acceptors (Lipinski definition) is 2. The SMILES string of the molecule is CC1(c2cccc(CCNS(=O)O)c2)C2CN(CCCC3CCCCC3)CC21. The highest BCUT2D eigenvalue weighted by Gasteiger charge is 2.65. The lowest BCUT2D eigenvalue weighted by Gasteiger charge is -2.26. The predicted molar refractivity (Wildman–Crippen MR) is 116 cm³/mol. The van der Waals surface area contributed by atoms with Crippen LogP contribution in [-0.2, 0) is 23.1 Å². The summed E-state index contributed by atoms with van der Waals surface area (Å²) in [6.45, 7) is 6.80. The van der Waals surface area contributed by atoms with Gasteiger partial charge in [0.25, 0.3) is 0 Å². The van der Waals surface area contributed by atoms with Crippen LogP contribution in [0.15, 0.2) is 24.3 Å². The van der Waals surface area contributed by atoms with Gasteiger partial charge in [0, 0.05) is 25.0 Å². The Morgan fingerprint density at radius 2 is 1.96 bits per heavy atom. The molecule has 0 bridgehead atoms. The van der Waals surface area contributed by atoms with Crippen LogP contribution in [0.25, 0.3) is 0 Å². The number of likely N-dealkylation sites (tertiary alicyclic amines) is 1. The summed E-state index contributed by atoms with van der Waals surface area (Å²) in [5, 5.41) is 0. The van der Waals surface area contributed by atoms with E-state index in [1.807, 2.05) is 0 Å². The molecule has 0 amide bonds. The van der Waals surface area contributed by atoms with Gasteiger partial charge in [-0.1, -0.05) is 63.3 Å². The molecule has 1 aromatic carbocycles. The Hall–Kier alpha value is -0.750. The zero-order valence-electron chi connectivity index (χ0n) is 17.2. The normalized spacial score (nSPS) is 31.6. The van der Waals surface area contributed by atoms with Gasteiger partial charge in [0.05, 0.1) is 0 Å². The van der Waals surface area contributed by atoms with Gasteiger partial charge in [0.15, 0.2) is 0 Å². The van der Waals surface area contributed by atoms with E-state index in [2.05, 4.69) is 40.8 Å². The van der Waals surface area contributed by atoms with Crippen LogP contribution in [0.1, 0.15) is 63.0 Å². The maximum Gasteiger partial charge on any atom is 0.231 e. The van der Waals surface area contributed by atoms with Gasteiger partial charge < -0.3 is 4.90 Å². The van der Waals surface area contributed by atoms with E-state index < -0.39 is 11.3 Å². The lowest BCUT2D eigenvalue weighted by atomic mass is 9.86. The third kappa shape index (κ3) is 4.53. The zero-order chi connectivity index (χ0) is 19.6. The average Bonchev–Trinajstić information content (AvgIpc) is 3.03. The smallest absolute Gasteiger partial charge is 0.231 e. The predicted octanol–water partition coefficient (Wildman–Crippen LogP) is 4.14. The van der Waals surface area contributed by atoms with Crippen LogP contribution in [-0.4, -0.2) is 39.8 Å². The highest BCUT2D eigenvalue weighted by molar-refractivity contribution is 7.77.